The first-order valence-electron chi connectivity index (χ1n) is 12.4. The lowest BCUT2D eigenvalue weighted by molar-refractivity contribution is -0.122. The van der Waals surface area contributed by atoms with E-state index in [9.17, 15) is 9.18 Å². The molecule has 1 aliphatic rings. The average molecular weight is 523 g/mol. The largest absolute Gasteiger partial charge is 0.336 e. The summed E-state index contributed by atoms with van der Waals surface area (Å²) in [4.78, 5) is 33.2. The first-order chi connectivity index (χ1) is 19.0. The summed E-state index contributed by atoms with van der Waals surface area (Å²) in [6.45, 7) is 0. The Labute approximate surface area is 219 Å². The van der Waals surface area contributed by atoms with E-state index in [4.69, 9.17) is 0 Å². The first kappa shape index (κ1) is 23.1. The van der Waals surface area contributed by atoms with Gasteiger partial charge in [0.2, 0.25) is 5.91 Å². The van der Waals surface area contributed by atoms with E-state index in [0.29, 0.717) is 44.9 Å². The van der Waals surface area contributed by atoms with Gasteiger partial charge in [-0.15, -0.1) is 0 Å². The number of hydrogen-bond donors (Lipinski definition) is 3. The van der Waals surface area contributed by atoms with Gasteiger partial charge in [0.05, 0.1) is 40.2 Å². The van der Waals surface area contributed by atoms with Crippen molar-refractivity contribution in [2.45, 2.75) is 19.3 Å². The second-order valence-electron chi connectivity index (χ2n) is 9.51. The number of nitrogens with one attached hydrogen (secondary N) is 3. The average Bonchev–Trinajstić information content (AvgIpc) is 3.53. The lowest BCUT2D eigenvalue weighted by Crippen LogP contribution is -2.28. The maximum atomic E-state index is 16.0. The second kappa shape index (κ2) is 9.05. The molecule has 0 atom stereocenters. The van der Waals surface area contributed by atoms with Crippen LogP contribution in [0.15, 0.2) is 61.2 Å². The number of imidazole rings is 1. The van der Waals surface area contributed by atoms with Gasteiger partial charge in [0, 0.05) is 29.4 Å². The molecule has 9 nitrogen and oxygen atoms in total. The van der Waals surface area contributed by atoms with E-state index in [0.717, 1.165) is 19.3 Å². The van der Waals surface area contributed by atoms with Crippen LogP contribution >= 0.6 is 0 Å². The van der Waals surface area contributed by atoms with Gasteiger partial charge in [-0.05, 0) is 49.2 Å². The zero-order valence-electron chi connectivity index (χ0n) is 20.4. The van der Waals surface area contributed by atoms with Crippen LogP contribution in [0.3, 0.4) is 0 Å². The lowest BCUT2D eigenvalue weighted by atomic mass is 9.85. The van der Waals surface area contributed by atoms with Gasteiger partial charge in [-0.25, -0.2) is 13.8 Å². The summed E-state index contributed by atoms with van der Waals surface area (Å²) in [5.74, 6) is -0.657. The van der Waals surface area contributed by atoms with Crippen molar-refractivity contribution in [3.05, 3.63) is 72.8 Å². The highest BCUT2D eigenvalue weighted by atomic mass is 19.1. The number of carbonyl (C=O) groups excluding carboxylic acids is 1. The molecule has 0 radical (unpaired) electrons. The number of hydrogen-bond acceptors (Lipinski definition) is 6. The zero-order valence-corrected chi connectivity index (χ0v) is 20.4. The Bertz CT molecular complexity index is 1870. The fourth-order valence-electron chi connectivity index (χ4n) is 4.77. The van der Waals surface area contributed by atoms with Crippen molar-refractivity contribution >= 4 is 33.5 Å². The number of anilines is 1. The summed E-state index contributed by atoms with van der Waals surface area (Å²) >= 11 is 0. The van der Waals surface area contributed by atoms with Gasteiger partial charge >= 0.3 is 0 Å². The van der Waals surface area contributed by atoms with E-state index < -0.39 is 5.82 Å². The zero-order chi connectivity index (χ0) is 26.5. The van der Waals surface area contributed by atoms with Crippen LogP contribution in [0.2, 0.25) is 0 Å². The smallest absolute Gasteiger partial charge is 0.227 e. The van der Waals surface area contributed by atoms with Crippen LogP contribution in [0.1, 0.15) is 19.3 Å². The molecule has 39 heavy (non-hydrogen) atoms. The molecule has 1 aromatic carbocycles. The molecular formula is C28H20F2N8O. The number of rotatable bonds is 5. The second-order valence-corrected chi connectivity index (χ2v) is 9.51. The van der Waals surface area contributed by atoms with Crippen molar-refractivity contribution in [2.24, 2.45) is 5.92 Å². The molecule has 1 saturated carbocycles. The third-order valence-corrected chi connectivity index (χ3v) is 7.04. The third-order valence-electron chi connectivity index (χ3n) is 7.04. The summed E-state index contributed by atoms with van der Waals surface area (Å²) in [7, 11) is 0. The van der Waals surface area contributed by atoms with Crippen molar-refractivity contribution in [2.75, 3.05) is 5.32 Å². The number of pyridine rings is 3. The van der Waals surface area contributed by atoms with Crippen molar-refractivity contribution in [1.82, 2.24) is 35.1 Å². The molecule has 0 saturated heterocycles. The molecule has 0 aliphatic heterocycles. The summed E-state index contributed by atoms with van der Waals surface area (Å²) < 4.78 is 29.5. The van der Waals surface area contributed by atoms with Crippen LogP contribution in [0.5, 0.6) is 0 Å². The maximum Gasteiger partial charge on any atom is 0.227 e. The number of aromatic amines is 2. The van der Waals surface area contributed by atoms with Crippen LogP contribution in [0.25, 0.3) is 56.0 Å². The highest BCUT2D eigenvalue weighted by Crippen LogP contribution is 2.34. The number of nitrogens with zero attached hydrogens (tertiary/aromatic N) is 5. The minimum absolute atomic E-state index is 0.0101. The van der Waals surface area contributed by atoms with Crippen molar-refractivity contribution < 1.29 is 13.6 Å². The predicted molar refractivity (Wildman–Crippen MR) is 141 cm³/mol. The molecule has 0 unspecified atom stereocenters. The molecule has 0 spiro atoms. The SMILES string of the molecule is O=C(Nc1cncc(-c2ncc3[nH]nc(-c4nc5c(-c6ccc(F)cc6)nccc5[nH]4)c3c2F)c1)C1CCC1. The van der Waals surface area contributed by atoms with Gasteiger partial charge in [-0.1, -0.05) is 6.42 Å². The molecule has 5 aromatic heterocycles. The van der Waals surface area contributed by atoms with E-state index in [1.807, 2.05) is 0 Å². The Morgan fingerprint density at radius 3 is 2.56 bits per heavy atom. The minimum atomic E-state index is -0.599. The van der Waals surface area contributed by atoms with Gasteiger partial charge in [-0.3, -0.25) is 24.8 Å². The highest BCUT2D eigenvalue weighted by molar-refractivity contribution is 5.98. The molecule has 192 valence electrons. The molecule has 0 bridgehead atoms. The van der Waals surface area contributed by atoms with Gasteiger partial charge in [0.1, 0.15) is 22.7 Å². The Morgan fingerprint density at radius 2 is 1.77 bits per heavy atom. The molecule has 1 fully saturated rings. The van der Waals surface area contributed by atoms with Crippen molar-refractivity contribution in [1.29, 1.82) is 0 Å². The molecule has 5 heterocycles. The standard InChI is InChI=1S/C28H20F2N8O/c29-17-6-4-14(5-7-17)24-25-19(8-9-32-24)35-27(36-25)26-21-20(37-38-26)13-33-23(22(21)30)16-10-18(12-31-11-16)34-28(39)15-2-1-3-15/h4-13,15H,1-3H2,(H,34,39)(H,35,36)(H,37,38). The third kappa shape index (κ3) is 3.99. The van der Waals surface area contributed by atoms with Crippen LogP contribution in [-0.4, -0.2) is 41.0 Å². The van der Waals surface area contributed by atoms with Crippen LogP contribution in [0, 0.1) is 17.6 Å². The van der Waals surface area contributed by atoms with Gasteiger partial charge in [0.15, 0.2) is 11.6 Å². The number of benzene rings is 1. The molecular weight excluding hydrogens is 502 g/mol. The van der Waals surface area contributed by atoms with Gasteiger partial charge < -0.3 is 10.3 Å². The van der Waals surface area contributed by atoms with Crippen LogP contribution < -0.4 is 5.32 Å². The fraction of sp³-hybridized carbons (Fsp3) is 0.143. The molecule has 3 N–H and O–H groups in total. The number of aromatic nitrogens is 7. The van der Waals surface area contributed by atoms with Crippen molar-refractivity contribution in [3.8, 4) is 34.0 Å². The topological polar surface area (TPSA) is 125 Å². The van der Waals surface area contributed by atoms with Gasteiger partial charge in [0.25, 0.3) is 0 Å². The highest BCUT2D eigenvalue weighted by Gasteiger charge is 2.26. The predicted octanol–water partition coefficient (Wildman–Crippen LogP) is 5.64. The normalized spacial score (nSPS) is 13.6. The molecule has 7 rings (SSSR count). The number of halogens is 2. The molecule has 1 amide bonds. The fourth-order valence-corrected chi connectivity index (χ4v) is 4.77. The van der Waals surface area contributed by atoms with E-state index in [2.05, 4.69) is 40.4 Å². The summed E-state index contributed by atoms with van der Waals surface area (Å²) in [6, 6.07) is 9.39. The number of fused-ring (bicyclic) bond motifs is 2. The number of amides is 1. The van der Waals surface area contributed by atoms with E-state index >= 15 is 4.39 Å². The van der Waals surface area contributed by atoms with E-state index in [1.165, 1.54) is 30.7 Å². The summed E-state index contributed by atoms with van der Waals surface area (Å²) in [5, 5.41) is 10.2. The first-order valence-corrected chi connectivity index (χ1v) is 12.4. The summed E-state index contributed by atoms with van der Waals surface area (Å²) in [6.07, 6.45) is 8.94. The Balaban J connectivity index is 1.29. The molecule has 1 aliphatic carbocycles. The Kier molecular flexibility index (Phi) is 5.36. The minimum Gasteiger partial charge on any atom is -0.336 e. The molecule has 6 aromatic rings. The number of H-pyrrole nitrogens is 2. The van der Waals surface area contributed by atoms with Crippen molar-refractivity contribution in [3.63, 3.8) is 0 Å². The van der Waals surface area contributed by atoms with E-state index in [1.54, 1.807) is 30.5 Å². The Morgan fingerprint density at radius 1 is 0.923 bits per heavy atom. The van der Waals surface area contributed by atoms with Crippen LogP contribution in [0.4, 0.5) is 14.5 Å². The van der Waals surface area contributed by atoms with E-state index in [-0.39, 0.29) is 34.4 Å². The monoisotopic (exact) mass is 522 g/mol. The van der Waals surface area contributed by atoms with Crippen LogP contribution in [-0.2, 0) is 4.79 Å². The number of carbonyl (C=O) groups is 1. The summed E-state index contributed by atoms with van der Waals surface area (Å²) in [5.41, 5.74) is 4.11. The quantitative estimate of drug-likeness (QED) is 0.269. The Hall–Kier alpha value is -5.06. The lowest BCUT2D eigenvalue weighted by Gasteiger charge is -2.24. The molecule has 11 heteroatoms. The maximum absolute atomic E-state index is 16.0. The van der Waals surface area contributed by atoms with Gasteiger partial charge in [-0.2, -0.15) is 5.10 Å².